The van der Waals surface area contributed by atoms with Gasteiger partial charge in [-0.15, -0.1) is 23.7 Å². The first-order valence-electron chi connectivity index (χ1n) is 5.64. The largest absolute Gasteiger partial charge is 0.348 e. The Morgan fingerprint density at radius 1 is 1.65 bits per heavy atom. The van der Waals surface area contributed by atoms with Crippen LogP contribution in [-0.2, 0) is 6.42 Å². The third kappa shape index (κ3) is 3.66. The molecule has 1 aliphatic rings. The zero-order chi connectivity index (χ0) is 11.5. The van der Waals surface area contributed by atoms with Crippen LogP contribution in [0.4, 0.5) is 0 Å². The Labute approximate surface area is 111 Å². The Balaban J connectivity index is 0.00000144. The highest BCUT2D eigenvalue weighted by Gasteiger charge is 2.27. The fraction of sp³-hybridized carbons (Fsp3) is 0.636. The molecule has 2 rings (SSSR count). The first kappa shape index (κ1) is 14.4. The van der Waals surface area contributed by atoms with Crippen molar-refractivity contribution in [2.75, 3.05) is 6.54 Å². The number of nitrogens with one attached hydrogen (secondary N) is 1. The standard InChI is InChI=1S/C11H17N3OS.ClH/c1-7-4-8(5-7)13-11(15)9-6-16-10(14-9)2-3-12;/h6-8H,2-5,12H2,1H3,(H,13,15);1H. The number of aromatic nitrogens is 1. The molecule has 0 unspecified atom stereocenters. The van der Waals surface area contributed by atoms with Crippen LogP contribution >= 0.6 is 23.7 Å². The molecule has 1 amide bonds. The molecule has 1 aromatic heterocycles. The molecule has 96 valence electrons. The average molecular weight is 276 g/mol. The van der Waals surface area contributed by atoms with Gasteiger partial charge in [0.25, 0.3) is 5.91 Å². The van der Waals surface area contributed by atoms with Gasteiger partial charge in [-0.1, -0.05) is 6.92 Å². The summed E-state index contributed by atoms with van der Waals surface area (Å²) in [5.74, 6) is 0.699. The number of hydrogen-bond acceptors (Lipinski definition) is 4. The number of carbonyl (C=O) groups excluding carboxylic acids is 1. The lowest BCUT2D eigenvalue weighted by atomic mass is 9.82. The first-order valence-corrected chi connectivity index (χ1v) is 6.52. The van der Waals surface area contributed by atoms with E-state index in [1.807, 2.05) is 5.38 Å². The molecule has 1 aliphatic carbocycles. The summed E-state index contributed by atoms with van der Waals surface area (Å²) in [5.41, 5.74) is 5.97. The number of rotatable bonds is 4. The first-order chi connectivity index (χ1) is 7.69. The van der Waals surface area contributed by atoms with E-state index in [0.717, 1.165) is 30.2 Å². The van der Waals surface area contributed by atoms with E-state index >= 15 is 0 Å². The predicted molar refractivity (Wildman–Crippen MR) is 71.8 cm³/mol. The van der Waals surface area contributed by atoms with Crippen molar-refractivity contribution in [2.45, 2.75) is 32.2 Å². The molecule has 6 heteroatoms. The maximum Gasteiger partial charge on any atom is 0.270 e. The molecule has 1 aromatic rings. The summed E-state index contributed by atoms with van der Waals surface area (Å²) in [6, 6.07) is 0.349. The van der Waals surface area contributed by atoms with Gasteiger partial charge >= 0.3 is 0 Å². The van der Waals surface area contributed by atoms with Gasteiger partial charge in [-0.25, -0.2) is 4.98 Å². The van der Waals surface area contributed by atoms with E-state index in [0.29, 0.717) is 18.3 Å². The van der Waals surface area contributed by atoms with Gasteiger partial charge in [-0.2, -0.15) is 0 Å². The molecular formula is C11H18ClN3OS. The maximum absolute atomic E-state index is 11.8. The van der Waals surface area contributed by atoms with E-state index in [1.165, 1.54) is 11.3 Å². The van der Waals surface area contributed by atoms with Crippen LogP contribution in [0.5, 0.6) is 0 Å². The van der Waals surface area contributed by atoms with Gasteiger partial charge in [0.2, 0.25) is 0 Å². The number of carbonyl (C=O) groups is 1. The summed E-state index contributed by atoms with van der Waals surface area (Å²) >= 11 is 1.50. The summed E-state index contributed by atoms with van der Waals surface area (Å²) in [6.45, 7) is 2.78. The number of nitrogens with zero attached hydrogens (tertiary/aromatic N) is 1. The average Bonchev–Trinajstić information content (AvgIpc) is 2.64. The van der Waals surface area contributed by atoms with Crippen molar-refractivity contribution in [2.24, 2.45) is 11.7 Å². The quantitative estimate of drug-likeness (QED) is 0.877. The Hall–Kier alpha value is -0.650. The van der Waals surface area contributed by atoms with Gasteiger partial charge < -0.3 is 11.1 Å². The van der Waals surface area contributed by atoms with E-state index in [-0.39, 0.29) is 18.3 Å². The molecule has 4 nitrogen and oxygen atoms in total. The second-order valence-electron chi connectivity index (χ2n) is 4.41. The van der Waals surface area contributed by atoms with Crippen LogP contribution in [0, 0.1) is 5.92 Å². The van der Waals surface area contributed by atoms with Gasteiger partial charge in [0.05, 0.1) is 5.01 Å². The maximum atomic E-state index is 11.8. The lowest BCUT2D eigenvalue weighted by Crippen LogP contribution is -2.43. The molecule has 0 spiro atoms. The number of halogens is 1. The van der Waals surface area contributed by atoms with Crippen molar-refractivity contribution >= 4 is 29.7 Å². The second kappa shape index (κ2) is 6.33. The fourth-order valence-corrected chi connectivity index (χ4v) is 2.73. The van der Waals surface area contributed by atoms with Crippen molar-refractivity contribution < 1.29 is 4.79 Å². The van der Waals surface area contributed by atoms with Gasteiger partial charge in [0.1, 0.15) is 5.69 Å². The van der Waals surface area contributed by atoms with Crippen LogP contribution in [0.25, 0.3) is 0 Å². The minimum atomic E-state index is -0.0450. The predicted octanol–water partition coefficient (Wildman–Crippen LogP) is 1.59. The summed E-state index contributed by atoms with van der Waals surface area (Å²) in [4.78, 5) is 16.0. The van der Waals surface area contributed by atoms with Crippen molar-refractivity contribution in [3.8, 4) is 0 Å². The molecule has 0 atom stereocenters. The zero-order valence-electron chi connectivity index (χ0n) is 9.81. The van der Waals surface area contributed by atoms with Gasteiger partial charge in [0.15, 0.2) is 0 Å². The van der Waals surface area contributed by atoms with Crippen molar-refractivity contribution in [1.29, 1.82) is 0 Å². The Bertz CT molecular complexity index is 377. The van der Waals surface area contributed by atoms with Crippen molar-refractivity contribution in [3.05, 3.63) is 16.1 Å². The number of amides is 1. The highest BCUT2D eigenvalue weighted by atomic mass is 35.5. The molecule has 1 saturated carbocycles. The Morgan fingerprint density at radius 3 is 2.94 bits per heavy atom. The molecule has 0 saturated heterocycles. The van der Waals surface area contributed by atoms with E-state index in [2.05, 4.69) is 17.2 Å². The van der Waals surface area contributed by atoms with Crippen LogP contribution < -0.4 is 11.1 Å². The van der Waals surface area contributed by atoms with Crippen LogP contribution in [0.1, 0.15) is 35.3 Å². The van der Waals surface area contributed by atoms with Gasteiger partial charge in [-0.05, 0) is 25.3 Å². The highest BCUT2D eigenvalue weighted by Crippen LogP contribution is 2.26. The molecule has 0 aliphatic heterocycles. The van der Waals surface area contributed by atoms with Gasteiger partial charge in [0, 0.05) is 17.8 Å². The second-order valence-corrected chi connectivity index (χ2v) is 5.35. The minimum absolute atomic E-state index is 0. The van der Waals surface area contributed by atoms with Crippen LogP contribution in [-0.4, -0.2) is 23.5 Å². The van der Waals surface area contributed by atoms with Crippen LogP contribution in [0.2, 0.25) is 0 Å². The summed E-state index contributed by atoms with van der Waals surface area (Å²) in [7, 11) is 0. The third-order valence-corrected chi connectivity index (χ3v) is 3.76. The summed E-state index contributed by atoms with van der Waals surface area (Å²) in [6.07, 6.45) is 2.93. The lowest BCUT2D eigenvalue weighted by molar-refractivity contribution is 0.0891. The molecule has 0 radical (unpaired) electrons. The topological polar surface area (TPSA) is 68.0 Å². The zero-order valence-corrected chi connectivity index (χ0v) is 11.4. The Morgan fingerprint density at radius 2 is 2.35 bits per heavy atom. The number of thiazole rings is 1. The van der Waals surface area contributed by atoms with E-state index in [9.17, 15) is 4.79 Å². The van der Waals surface area contributed by atoms with Crippen LogP contribution in [0.3, 0.4) is 0 Å². The highest BCUT2D eigenvalue weighted by molar-refractivity contribution is 7.09. The van der Waals surface area contributed by atoms with Crippen molar-refractivity contribution in [3.63, 3.8) is 0 Å². The lowest BCUT2D eigenvalue weighted by Gasteiger charge is -2.32. The molecule has 0 aromatic carbocycles. The molecule has 17 heavy (non-hydrogen) atoms. The summed E-state index contributed by atoms with van der Waals surface area (Å²) in [5, 5.41) is 5.74. The third-order valence-electron chi connectivity index (χ3n) is 2.85. The fourth-order valence-electron chi connectivity index (χ4n) is 1.93. The monoisotopic (exact) mass is 275 g/mol. The SMILES string of the molecule is CC1CC(NC(=O)c2csc(CCN)n2)C1.Cl. The molecular weight excluding hydrogens is 258 g/mol. The van der Waals surface area contributed by atoms with Crippen LogP contribution in [0.15, 0.2) is 5.38 Å². The number of hydrogen-bond donors (Lipinski definition) is 2. The van der Waals surface area contributed by atoms with E-state index in [1.54, 1.807) is 0 Å². The normalized spacial score (nSPS) is 22.5. The molecule has 0 bridgehead atoms. The smallest absolute Gasteiger partial charge is 0.270 e. The Kier molecular flexibility index (Phi) is 5.36. The van der Waals surface area contributed by atoms with E-state index in [4.69, 9.17) is 5.73 Å². The molecule has 1 fully saturated rings. The van der Waals surface area contributed by atoms with Crippen molar-refractivity contribution in [1.82, 2.24) is 10.3 Å². The van der Waals surface area contributed by atoms with E-state index < -0.39 is 0 Å². The molecule has 1 heterocycles. The molecule has 3 N–H and O–H groups in total. The summed E-state index contributed by atoms with van der Waals surface area (Å²) < 4.78 is 0. The minimum Gasteiger partial charge on any atom is -0.348 e. The number of nitrogens with two attached hydrogens (primary N) is 1. The van der Waals surface area contributed by atoms with Gasteiger partial charge in [-0.3, -0.25) is 4.79 Å².